The number of nitrogens with one attached hydrogen (secondary N) is 1. The number of anilines is 1. The number of nitrogens with zero attached hydrogens (tertiary/aromatic N) is 3. The molecule has 0 unspecified atom stereocenters. The molecule has 3 aromatic rings. The molecule has 1 aromatic heterocycles. The van der Waals surface area contributed by atoms with Crippen molar-refractivity contribution in [2.75, 3.05) is 5.73 Å². The average Bonchev–Trinajstić information content (AvgIpc) is 2.89. The Labute approximate surface area is 129 Å². The summed E-state index contributed by atoms with van der Waals surface area (Å²) < 4.78 is 0. The van der Waals surface area contributed by atoms with Gasteiger partial charge in [-0.05, 0) is 12.1 Å². The molecule has 3 rings (SSSR count). The molecule has 0 saturated carbocycles. The SMILES string of the molecule is Nc1[nH]c(N=NC(=O)c2ccc([N+](=O)[O-])cc2)c2ccccc12. The van der Waals surface area contributed by atoms with Crippen molar-refractivity contribution in [1.29, 1.82) is 0 Å². The third kappa shape index (κ3) is 2.77. The Morgan fingerprint density at radius 2 is 1.74 bits per heavy atom. The largest absolute Gasteiger partial charge is 0.385 e. The van der Waals surface area contributed by atoms with Gasteiger partial charge >= 0.3 is 0 Å². The van der Waals surface area contributed by atoms with Crippen LogP contribution in [0.4, 0.5) is 17.3 Å². The summed E-state index contributed by atoms with van der Waals surface area (Å²) in [6.45, 7) is 0. The van der Waals surface area contributed by atoms with Crippen LogP contribution in [0.25, 0.3) is 10.8 Å². The molecule has 0 radical (unpaired) electrons. The zero-order valence-corrected chi connectivity index (χ0v) is 11.8. The maximum atomic E-state index is 12.0. The number of carbonyl (C=O) groups is 1. The van der Waals surface area contributed by atoms with Gasteiger partial charge in [-0.3, -0.25) is 14.9 Å². The van der Waals surface area contributed by atoms with Gasteiger partial charge in [-0.2, -0.15) is 0 Å². The van der Waals surface area contributed by atoms with E-state index in [0.29, 0.717) is 11.6 Å². The van der Waals surface area contributed by atoms with Gasteiger partial charge < -0.3 is 10.7 Å². The van der Waals surface area contributed by atoms with Crippen molar-refractivity contribution >= 4 is 34.0 Å². The molecule has 0 atom stereocenters. The number of benzene rings is 2. The Balaban J connectivity index is 1.86. The molecule has 0 bridgehead atoms. The number of hydrogen-bond donors (Lipinski definition) is 2. The van der Waals surface area contributed by atoms with Gasteiger partial charge in [0, 0.05) is 28.5 Å². The van der Waals surface area contributed by atoms with Gasteiger partial charge in [-0.1, -0.05) is 24.3 Å². The third-order valence-corrected chi connectivity index (χ3v) is 3.29. The van der Waals surface area contributed by atoms with Crippen LogP contribution in [-0.4, -0.2) is 15.8 Å². The second-order valence-corrected chi connectivity index (χ2v) is 4.74. The number of H-pyrrole nitrogens is 1. The molecule has 0 spiro atoms. The maximum absolute atomic E-state index is 12.0. The van der Waals surface area contributed by atoms with Gasteiger partial charge in [-0.25, -0.2) is 0 Å². The zero-order chi connectivity index (χ0) is 16.4. The first-order valence-electron chi connectivity index (χ1n) is 6.63. The number of aromatic amines is 1. The molecule has 0 aliphatic rings. The molecule has 1 heterocycles. The first-order chi connectivity index (χ1) is 11.1. The molecule has 3 N–H and O–H groups in total. The smallest absolute Gasteiger partial charge is 0.295 e. The minimum absolute atomic E-state index is 0.0957. The van der Waals surface area contributed by atoms with Gasteiger partial charge in [0.05, 0.1) is 4.92 Å². The molecule has 0 saturated heterocycles. The Hall–Kier alpha value is -3.55. The number of nitro groups is 1. The Kier molecular flexibility index (Phi) is 3.55. The van der Waals surface area contributed by atoms with E-state index in [9.17, 15) is 14.9 Å². The summed E-state index contributed by atoms with van der Waals surface area (Å²) in [5.41, 5.74) is 5.95. The van der Waals surface area contributed by atoms with E-state index in [1.165, 1.54) is 24.3 Å². The fourth-order valence-electron chi connectivity index (χ4n) is 2.14. The lowest BCUT2D eigenvalue weighted by molar-refractivity contribution is -0.384. The van der Waals surface area contributed by atoms with Crippen molar-refractivity contribution in [1.82, 2.24) is 4.98 Å². The van der Waals surface area contributed by atoms with E-state index in [1.54, 1.807) is 0 Å². The summed E-state index contributed by atoms with van der Waals surface area (Å²) in [7, 11) is 0. The molecular formula is C15H11N5O3. The number of amides is 1. The highest BCUT2D eigenvalue weighted by molar-refractivity contribution is 6.00. The van der Waals surface area contributed by atoms with Crippen LogP contribution in [0, 0.1) is 10.1 Å². The molecular weight excluding hydrogens is 298 g/mol. The highest BCUT2D eigenvalue weighted by atomic mass is 16.6. The molecule has 8 nitrogen and oxygen atoms in total. The minimum Gasteiger partial charge on any atom is -0.385 e. The number of nitrogen functional groups attached to an aromatic ring is 1. The third-order valence-electron chi connectivity index (χ3n) is 3.29. The molecule has 0 fully saturated rings. The van der Waals surface area contributed by atoms with E-state index >= 15 is 0 Å². The fourth-order valence-corrected chi connectivity index (χ4v) is 2.14. The summed E-state index contributed by atoms with van der Waals surface area (Å²) in [5.74, 6) is 0.225. The number of non-ortho nitro benzene ring substituents is 1. The van der Waals surface area contributed by atoms with Crippen LogP contribution in [0.5, 0.6) is 0 Å². The van der Waals surface area contributed by atoms with Crippen LogP contribution in [0.3, 0.4) is 0 Å². The van der Waals surface area contributed by atoms with Crippen LogP contribution < -0.4 is 5.73 Å². The van der Waals surface area contributed by atoms with Gasteiger partial charge in [-0.15, -0.1) is 10.2 Å². The van der Waals surface area contributed by atoms with Crippen molar-refractivity contribution in [2.45, 2.75) is 0 Å². The fraction of sp³-hybridized carbons (Fsp3) is 0. The lowest BCUT2D eigenvalue weighted by atomic mass is 10.2. The average molecular weight is 309 g/mol. The van der Waals surface area contributed by atoms with Crippen LogP contribution in [0.15, 0.2) is 58.8 Å². The number of azo groups is 1. The van der Waals surface area contributed by atoms with Gasteiger partial charge in [0.15, 0.2) is 5.82 Å². The second kappa shape index (κ2) is 5.68. The van der Waals surface area contributed by atoms with E-state index in [2.05, 4.69) is 15.2 Å². The second-order valence-electron chi connectivity index (χ2n) is 4.74. The van der Waals surface area contributed by atoms with Crippen molar-refractivity contribution in [2.24, 2.45) is 10.2 Å². The molecule has 114 valence electrons. The van der Waals surface area contributed by atoms with Crippen LogP contribution in [-0.2, 0) is 0 Å². The Morgan fingerprint density at radius 3 is 2.39 bits per heavy atom. The lowest BCUT2D eigenvalue weighted by Crippen LogP contribution is -1.94. The number of nitrogens with two attached hydrogens (primary N) is 1. The van der Waals surface area contributed by atoms with Crippen molar-refractivity contribution < 1.29 is 9.72 Å². The molecule has 23 heavy (non-hydrogen) atoms. The van der Waals surface area contributed by atoms with Gasteiger partial charge in [0.1, 0.15) is 5.82 Å². The molecule has 0 aliphatic heterocycles. The molecule has 2 aromatic carbocycles. The number of fused-ring (bicyclic) bond motifs is 1. The number of nitro benzene ring substituents is 1. The highest BCUT2D eigenvalue weighted by Gasteiger charge is 2.10. The summed E-state index contributed by atoms with van der Waals surface area (Å²) in [6, 6.07) is 12.5. The Morgan fingerprint density at radius 1 is 1.09 bits per heavy atom. The standard InChI is InChI=1S/C15H11N5O3/c16-13-11-3-1-2-4-12(11)14(17-13)18-19-15(21)9-5-7-10(8-6-9)20(22)23/h1-8,17H,16H2. The number of carbonyl (C=O) groups excluding carboxylic acids is 1. The van der Waals surface area contributed by atoms with E-state index in [0.717, 1.165) is 10.8 Å². The Bertz CT molecular complexity index is 928. The predicted molar refractivity (Wildman–Crippen MR) is 84.7 cm³/mol. The molecule has 8 heteroatoms. The lowest BCUT2D eigenvalue weighted by Gasteiger charge is -1.94. The summed E-state index contributed by atoms with van der Waals surface area (Å²) in [4.78, 5) is 24.9. The maximum Gasteiger partial charge on any atom is 0.295 e. The topological polar surface area (TPSA) is 127 Å². The highest BCUT2D eigenvalue weighted by Crippen LogP contribution is 2.30. The number of hydrogen-bond acceptors (Lipinski definition) is 5. The first kappa shape index (κ1) is 14.4. The van der Waals surface area contributed by atoms with Gasteiger partial charge in [0.2, 0.25) is 0 Å². The minimum atomic E-state index is -0.600. The van der Waals surface area contributed by atoms with Crippen molar-refractivity contribution in [3.05, 3.63) is 64.2 Å². The zero-order valence-electron chi connectivity index (χ0n) is 11.8. The quantitative estimate of drug-likeness (QED) is 0.435. The first-order valence-corrected chi connectivity index (χ1v) is 6.63. The molecule has 0 aliphatic carbocycles. The van der Waals surface area contributed by atoms with E-state index in [1.807, 2.05) is 24.3 Å². The van der Waals surface area contributed by atoms with E-state index < -0.39 is 10.8 Å². The van der Waals surface area contributed by atoms with Crippen molar-refractivity contribution in [3.8, 4) is 0 Å². The van der Waals surface area contributed by atoms with E-state index in [-0.39, 0.29) is 11.3 Å². The molecule has 1 amide bonds. The van der Waals surface area contributed by atoms with E-state index in [4.69, 9.17) is 5.73 Å². The summed E-state index contributed by atoms with van der Waals surface area (Å²) in [6.07, 6.45) is 0. The summed E-state index contributed by atoms with van der Waals surface area (Å²) >= 11 is 0. The monoisotopic (exact) mass is 309 g/mol. The normalized spacial score (nSPS) is 11.1. The van der Waals surface area contributed by atoms with Crippen LogP contribution >= 0.6 is 0 Å². The van der Waals surface area contributed by atoms with Gasteiger partial charge in [0.25, 0.3) is 11.6 Å². The summed E-state index contributed by atoms with van der Waals surface area (Å²) in [5, 5.41) is 19.7. The number of aromatic nitrogens is 1. The van der Waals surface area contributed by atoms with Crippen molar-refractivity contribution in [3.63, 3.8) is 0 Å². The van der Waals surface area contributed by atoms with Crippen LogP contribution in [0.1, 0.15) is 10.4 Å². The van der Waals surface area contributed by atoms with Crippen LogP contribution in [0.2, 0.25) is 0 Å². The number of rotatable bonds is 3. The predicted octanol–water partition coefficient (Wildman–Crippen LogP) is 3.58.